The minimum absolute atomic E-state index is 0.231. The van der Waals surface area contributed by atoms with Gasteiger partial charge in [-0.25, -0.2) is 4.39 Å². The van der Waals surface area contributed by atoms with Crippen LogP contribution in [-0.4, -0.2) is 19.7 Å². The molecule has 4 heteroatoms. The summed E-state index contributed by atoms with van der Waals surface area (Å²) in [5, 5.41) is 3.48. The van der Waals surface area contributed by atoms with Gasteiger partial charge in [0, 0.05) is 18.0 Å². The molecule has 1 saturated heterocycles. The van der Waals surface area contributed by atoms with Crippen molar-refractivity contribution in [2.75, 3.05) is 19.7 Å². The highest BCUT2D eigenvalue weighted by Crippen LogP contribution is 2.43. The first kappa shape index (κ1) is 14.5. The molecule has 4 rings (SSSR count). The van der Waals surface area contributed by atoms with Crippen molar-refractivity contribution in [3.8, 4) is 11.5 Å². The van der Waals surface area contributed by atoms with Crippen LogP contribution in [0.3, 0.4) is 0 Å². The largest absolute Gasteiger partial charge is 0.489 e. The van der Waals surface area contributed by atoms with Gasteiger partial charge in [-0.3, -0.25) is 0 Å². The Morgan fingerprint density at radius 2 is 2.00 bits per heavy atom. The molecule has 2 aliphatic heterocycles. The molecule has 0 amide bonds. The van der Waals surface area contributed by atoms with Crippen LogP contribution in [0.25, 0.3) is 0 Å². The minimum atomic E-state index is -0.231. The molecule has 0 bridgehead atoms. The summed E-state index contributed by atoms with van der Waals surface area (Å²) in [6.07, 6.45) is 1.07. The second kappa shape index (κ2) is 6.20. The predicted molar refractivity (Wildman–Crippen MR) is 86.4 cm³/mol. The van der Waals surface area contributed by atoms with Gasteiger partial charge in [0.1, 0.15) is 12.4 Å². The smallest absolute Gasteiger partial charge is 0.164 e. The quantitative estimate of drug-likeness (QED) is 0.941. The first-order chi connectivity index (χ1) is 11.3. The molecule has 2 aliphatic rings. The van der Waals surface area contributed by atoms with Crippen LogP contribution in [0, 0.1) is 11.7 Å². The summed E-state index contributed by atoms with van der Waals surface area (Å²) in [4.78, 5) is 0. The third kappa shape index (κ3) is 2.91. The van der Waals surface area contributed by atoms with Crippen LogP contribution in [-0.2, 0) is 6.61 Å². The minimum Gasteiger partial charge on any atom is -0.489 e. The lowest BCUT2D eigenvalue weighted by atomic mass is 9.87. The Morgan fingerprint density at radius 3 is 2.87 bits per heavy atom. The van der Waals surface area contributed by atoms with Crippen molar-refractivity contribution in [1.29, 1.82) is 0 Å². The fourth-order valence-electron chi connectivity index (χ4n) is 3.55. The number of hydrogen-bond acceptors (Lipinski definition) is 3. The Morgan fingerprint density at radius 1 is 1.13 bits per heavy atom. The number of para-hydroxylation sites is 1. The van der Waals surface area contributed by atoms with Crippen molar-refractivity contribution < 1.29 is 13.9 Å². The molecular formula is C19H20FNO2. The molecular weight excluding hydrogens is 293 g/mol. The Labute approximate surface area is 135 Å². The van der Waals surface area contributed by atoms with E-state index in [2.05, 4.69) is 11.4 Å². The van der Waals surface area contributed by atoms with E-state index in [1.807, 2.05) is 12.1 Å². The van der Waals surface area contributed by atoms with Crippen molar-refractivity contribution in [3.63, 3.8) is 0 Å². The van der Waals surface area contributed by atoms with Gasteiger partial charge in [-0.05, 0) is 42.6 Å². The second-order valence-corrected chi connectivity index (χ2v) is 6.25. The highest BCUT2D eigenvalue weighted by molar-refractivity contribution is 5.49. The zero-order valence-electron chi connectivity index (χ0n) is 12.9. The molecule has 0 radical (unpaired) electrons. The highest BCUT2D eigenvalue weighted by Gasteiger charge is 2.33. The van der Waals surface area contributed by atoms with Gasteiger partial charge in [0.05, 0.1) is 6.61 Å². The maximum atomic E-state index is 13.0. The summed E-state index contributed by atoms with van der Waals surface area (Å²) < 4.78 is 25.0. The van der Waals surface area contributed by atoms with Gasteiger partial charge in [-0.15, -0.1) is 0 Å². The van der Waals surface area contributed by atoms with Gasteiger partial charge in [0.25, 0.3) is 0 Å². The molecule has 0 aromatic heterocycles. The lowest BCUT2D eigenvalue weighted by molar-refractivity contribution is 0.256. The lowest BCUT2D eigenvalue weighted by Gasteiger charge is -2.18. The molecule has 0 aliphatic carbocycles. The normalized spacial score (nSPS) is 22.7. The molecule has 3 nitrogen and oxygen atoms in total. The molecule has 0 saturated carbocycles. The zero-order chi connectivity index (χ0) is 15.6. The Balaban J connectivity index is 1.57. The third-order valence-corrected chi connectivity index (χ3v) is 4.79. The van der Waals surface area contributed by atoms with Crippen LogP contribution in [0.15, 0.2) is 42.5 Å². The summed E-state index contributed by atoms with van der Waals surface area (Å²) in [5.74, 6) is 2.57. The zero-order valence-corrected chi connectivity index (χ0v) is 12.9. The fourth-order valence-corrected chi connectivity index (χ4v) is 3.55. The average Bonchev–Trinajstić information content (AvgIpc) is 2.96. The number of halogens is 1. The van der Waals surface area contributed by atoms with Gasteiger partial charge in [0.15, 0.2) is 11.5 Å². The molecule has 1 N–H and O–H groups in total. The molecule has 23 heavy (non-hydrogen) atoms. The van der Waals surface area contributed by atoms with Gasteiger partial charge < -0.3 is 14.8 Å². The molecule has 120 valence electrons. The van der Waals surface area contributed by atoms with E-state index in [9.17, 15) is 4.39 Å². The summed E-state index contributed by atoms with van der Waals surface area (Å²) in [6.45, 7) is 3.20. The van der Waals surface area contributed by atoms with Gasteiger partial charge in [0.2, 0.25) is 0 Å². The van der Waals surface area contributed by atoms with E-state index in [1.165, 1.54) is 17.7 Å². The van der Waals surface area contributed by atoms with E-state index in [0.29, 0.717) is 18.4 Å². The van der Waals surface area contributed by atoms with Gasteiger partial charge in [-0.1, -0.05) is 24.3 Å². The molecule has 2 atom stereocenters. The highest BCUT2D eigenvalue weighted by atomic mass is 19.1. The van der Waals surface area contributed by atoms with Gasteiger partial charge >= 0.3 is 0 Å². The van der Waals surface area contributed by atoms with E-state index in [-0.39, 0.29) is 5.82 Å². The monoisotopic (exact) mass is 313 g/mol. The van der Waals surface area contributed by atoms with Crippen molar-refractivity contribution in [2.24, 2.45) is 5.92 Å². The summed E-state index contributed by atoms with van der Waals surface area (Å²) in [7, 11) is 0. The van der Waals surface area contributed by atoms with Crippen LogP contribution >= 0.6 is 0 Å². The Hall–Kier alpha value is -2.07. The molecule has 2 aromatic rings. The number of nitrogens with one attached hydrogen (secondary N) is 1. The summed E-state index contributed by atoms with van der Waals surface area (Å²) in [6, 6.07) is 12.5. The standard InChI is InChI=1S/C19H20FNO2/c20-15-6-4-13(5-7-15)12-23-18-3-1-2-16-17-11-21-10-14(17)8-9-22-19(16)18/h1-7,14,17,21H,8-12H2/t14-,17-/m0/s1. The average molecular weight is 313 g/mol. The van der Waals surface area contributed by atoms with E-state index in [0.717, 1.165) is 43.2 Å². The Kier molecular flexibility index (Phi) is 3.92. The lowest BCUT2D eigenvalue weighted by Crippen LogP contribution is -2.11. The molecule has 0 spiro atoms. The maximum Gasteiger partial charge on any atom is 0.164 e. The van der Waals surface area contributed by atoms with E-state index < -0.39 is 0 Å². The van der Waals surface area contributed by atoms with Crippen LogP contribution in [0.2, 0.25) is 0 Å². The first-order valence-corrected chi connectivity index (χ1v) is 8.15. The van der Waals surface area contributed by atoms with Crippen LogP contribution in [0.5, 0.6) is 11.5 Å². The van der Waals surface area contributed by atoms with Gasteiger partial charge in [-0.2, -0.15) is 0 Å². The Bertz CT molecular complexity index is 686. The fraction of sp³-hybridized carbons (Fsp3) is 0.368. The SMILES string of the molecule is Fc1ccc(COc2cccc3c2OCC[C@H]2CNC[C@H]32)cc1. The van der Waals surface area contributed by atoms with E-state index >= 15 is 0 Å². The van der Waals surface area contributed by atoms with E-state index in [4.69, 9.17) is 9.47 Å². The predicted octanol–water partition coefficient (Wildman–Crippen LogP) is 3.49. The van der Waals surface area contributed by atoms with E-state index in [1.54, 1.807) is 12.1 Å². The number of hydrogen-bond donors (Lipinski definition) is 1. The first-order valence-electron chi connectivity index (χ1n) is 8.15. The van der Waals surface area contributed by atoms with Crippen LogP contribution in [0.1, 0.15) is 23.5 Å². The van der Waals surface area contributed by atoms with Crippen molar-refractivity contribution >= 4 is 0 Å². The molecule has 2 aromatic carbocycles. The number of benzene rings is 2. The molecule has 1 fully saturated rings. The molecule has 2 heterocycles. The third-order valence-electron chi connectivity index (χ3n) is 4.79. The van der Waals surface area contributed by atoms with Crippen molar-refractivity contribution in [1.82, 2.24) is 5.32 Å². The van der Waals surface area contributed by atoms with Crippen molar-refractivity contribution in [3.05, 3.63) is 59.4 Å². The second-order valence-electron chi connectivity index (χ2n) is 6.25. The molecule has 0 unspecified atom stereocenters. The number of ether oxygens (including phenoxy) is 2. The number of fused-ring (bicyclic) bond motifs is 3. The summed E-state index contributed by atoms with van der Waals surface area (Å²) in [5.41, 5.74) is 2.19. The van der Waals surface area contributed by atoms with Crippen LogP contribution < -0.4 is 14.8 Å². The van der Waals surface area contributed by atoms with Crippen molar-refractivity contribution in [2.45, 2.75) is 18.9 Å². The maximum absolute atomic E-state index is 13.0. The topological polar surface area (TPSA) is 30.5 Å². The number of rotatable bonds is 3. The van der Waals surface area contributed by atoms with Crippen LogP contribution in [0.4, 0.5) is 4.39 Å². The summed E-state index contributed by atoms with van der Waals surface area (Å²) >= 11 is 0.